The molecule has 1 N–H and O–H groups in total. The monoisotopic (exact) mass is 283 g/mol. The Morgan fingerprint density at radius 2 is 1.45 bits per heavy atom. The van der Waals surface area contributed by atoms with Crippen molar-refractivity contribution in [3.05, 3.63) is 60.2 Å². The summed E-state index contributed by atoms with van der Waals surface area (Å²) in [6.07, 6.45) is 2.53. The SMILES string of the molecule is Cl.c1ccc2c([C@@H]3CCCN3)c3ccccc3cc2c1. The van der Waals surface area contributed by atoms with Crippen molar-refractivity contribution < 1.29 is 0 Å². The molecule has 1 saturated heterocycles. The number of halogens is 1. The fraction of sp³-hybridized carbons (Fsp3) is 0.222. The summed E-state index contributed by atoms with van der Waals surface area (Å²) in [5.74, 6) is 0. The van der Waals surface area contributed by atoms with E-state index < -0.39 is 0 Å². The Hall–Kier alpha value is -1.57. The number of nitrogens with one attached hydrogen (secondary N) is 1. The lowest BCUT2D eigenvalue weighted by Gasteiger charge is -2.17. The van der Waals surface area contributed by atoms with Crippen LogP contribution in [0, 0.1) is 0 Å². The normalized spacial score (nSPS) is 18.3. The van der Waals surface area contributed by atoms with Crippen LogP contribution >= 0.6 is 12.4 Å². The van der Waals surface area contributed by atoms with Crippen LogP contribution in [0.5, 0.6) is 0 Å². The third kappa shape index (κ3) is 2.07. The summed E-state index contributed by atoms with van der Waals surface area (Å²) in [6.45, 7) is 1.14. The van der Waals surface area contributed by atoms with Crippen molar-refractivity contribution in [2.24, 2.45) is 0 Å². The molecule has 0 unspecified atom stereocenters. The van der Waals surface area contributed by atoms with Crippen LogP contribution in [0.1, 0.15) is 24.4 Å². The second-order valence-electron chi connectivity index (χ2n) is 5.38. The summed E-state index contributed by atoms with van der Waals surface area (Å²) in [7, 11) is 0. The maximum absolute atomic E-state index is 3.66. The number of hydrogen-bond acceptors (Lipinski definition) is 1. The molecule has 1 aliphatic rings. The van der Waals surface area contributed by atoms with Gasteiger partial charge >= 0.3 is 0 Å². The second-order valence-corrected chi connectivity index (χ2v) is 5.38. The standard InChI is InChI=1S/C18H17N.ClH/c1-3-8-15-13(6-1)12-14-7-2-4-9-16(14)18(15)17-10-5-11-19-17;/h1-4,6-9,12,17,19H,5,10-11H2;1H/t17-;/m0./s1. The zero-order valence-electron chi connectivity index (χ0n) is 11.3. The Balaban J connectivity index is 0.00000121. The lowest BCUT2D eigenvalue weighted by Crippen LogP contribution is -2.13. The lowest BCUT2D eigenvalue weighted by atomic mass is 9.91. The Bertz CT molecular complexity index is 691. The van der Waals surface area contributed by atoms with E-state index in [1.165, 1.54) is 39.9 Å². The lowest BCUT2D eigenvalue weighted by molar-refractivity contribution is 0.657. The average Bonchev–Trinajstić information content (AvgIpc) is 2.98. The van der Waals surface area contributed by atoms with Crippen molar-refractivity contribution in [1.29, 1.82) is 0 Å². The van der Waals surface area contributed by atoms with Crippen LogP contribution in [0.4, 0.5) is 0 Å². The van der Waals surface area contributed by atoms with Gasteiger partial charge in [-0.15, -0.1) is 12.4 Å². The Kier molecular flexibility index (Phi) is 3.64. The minimum Gasteiger partial charge on any atom is -0.310 e. The van der Waals surface area contributed by atoms with Crippen LogP contribution in [0.3, 0.4) is 0 Å². The van der Waals surface area contributed by atoms with E-state index in [-0.39, 0.29) is 12.4 Å². The molecule has 0 amide bonds. The second kappa shape index (κ2) is 5.43. The molecule has 1 fully saturated rings. The number of fused-ring (bicyclic) bond motifs is 2. The third-order valence-electron chi connectivity index (χ3n) is 4.22. The molecule has 0 aromatic heterocycles. The molecule has 102 valence electrons. The van der Waals surface area contributed by atoms with Gasteiger partial charge in [-0.25, -0.2) is 0 Å². The molecule has 1 nitrogen and oxygen atoms in total. The fourth-order valence-electron chi connectivity index (χ4n) is 3.36. The van der Waals surface area contributed by atoms with Gasteiger partial charge in [0.2, 0.25) is 0 Å². The first-order chi connectivity index (χ1) is 9.43. The van der Waals surface area contributed by atoms with Crippen LogP contribution in [0.25, 0.3) is 21.5 Å². The molecular weight excluding hydrogens is 266 g/mol. The minimum atomic E-state index is 0. The van der Waals surface area contributed by atoms with Crippen molar-refractivity contribution in [3.63, 3.8) is 0 Å². The Labute approximate surface area is 125 Å². The van der Waals surface area contributed by atoms with Gasteiger partial charge in [-0.3, -0.25) is 0 Å². The van der Waals surface area contributed by atoms with Crippen LogP contribution in [-0.2, 0) is 0 Å². The maximum atomic E-state index is 3.66. The zero-order chi connectivity index (χ0) is 12.7. The van der Waals surface area contributed by atoms with Gasteiger partial charge < -0.3 is 5.32 Å². The van der Waals surface area contributed by atoms with E-state index in [2.05, 4.69) is 59.9 Å². The summed E-state index contributed by atoms with van der Waals surface area (Å²) < 4.78 is 0. The van der Waals surface area contributed by atoms with Crippen LogP contribution in [0.15, 0.2) is 54.6 Å². The summed E-state index contributed by atoms with van der Waals surface area (Å²) in [5.41, 5.74) is 1.49. The molecule has 1 atom stereocenters. The summed E-state index contributed by atoms with van der Waals surface area (Å²) >= 11 is 0. The van der Waals surface area contributed by atoms with E-state index in [4.69, 9.17) is 0 Å². The van der Waals surface area contributed by atoms with Crippen LogP contribution in [-0.4, -0.2) is 6.54 Å². The van der Waals surface area contributed by atoms with Crippen LogP contribution in [0.2, 0.25) is 0 Å². The molecule has 0 bridgehead atoms. The summed E-state index contributed by atoms with van der Waals surface area (Å²) in [5, 5.41) is 9.17. The molecule has 0 spiro atoms. The van der Waals surface area contributed by atoms with Gasteiger partial charge in [-0.2, -0.15) is 0 Å². The minimum absolute atomic E-state index is 0. The molecule has 1 aliphatic heterocycles. The molecule has 1 heterocycles. The number of hydrogen-bond donors (Lipinski definition) is 1. The zero-order valence-corrected chi connectivity index (χ0v) is 12.1. The number of rotatable bonds is 1. The maximum Gasteiger partial charge on any atom is 0.0333 e. The molecule has 3 aromatic carbocycles. The highest BCUT2D eigenvalue weighted by Gasteiger charge is 2.20. The summed E-state index contributed by atoms with van der Waals surface area (Å²) in [6, 6.07) is 20.3. The van der Waals surface area contributed by atoms with Crippen molar-refractivity contribution in [3.8, 4) is 0 Å². The predicted molar refractivity (Wildman–Crippen MR) is 88.7 cm³/mol. The highest BCUT2D eigenvalue weighted by atomic mass is 35.5. The van der Waals surface area contributed by atoms with E-state index >= 15 is 0 Å². The number of benzene rings is 3. The third-order valence-corrected chi connectivity index (χ3v) is 4.22. The average molecular weight is 284 g/mol. The summed E-state index contributed by atoms with van der Waals surface area (Å²) in [4.78, 5) is 0. The smallest absolute Gasteiger partial charge is 0.0333 e. The van der Waals surface area contributed by atoms with Gasteiger partial charge in [-0.05, 0) is 52.6 Å². The molecule has 20 heavy (non-hydrogen) atoms. The molecule has 3 aromatic rings. The van der Waals surface area contributed by atoms with Crippen molar-refractivity contribution in [2.45, 2.75) is 18.9 Å². The molecule has 4 rings (SSSR count). The van der Waals surface area contributed by atoms with Gasteiger partial charge in [0.05, 0.1) is 0 Å². The quantitative estimate of drug-likeness (QED) is 0.630. The van der Waals surface area contributed by atoms with Gasteiger partial charge in [0.1, 0.15) is 0 Å². The van der Waals surface area contributed by atoms with E-state index in [0.29, 0.717) is 6.04 Å². The van der Waals surface area contributed by atoms with E-state index in [0.717, 1.165) is 6.54 Å². The first kappa shape index (κ1) is 13.4. The molecule has 2 heteroatoms. The van der Waals surface area contributed by atoms with Gasteiger partial charge in [0.25, 0.3) is 0 Å². The first-order valence-electron chi connectivity index (χ1n) is 7.07. The Morgan fingerprint density at radius 1 is 0.850 bits per heavy atom. The van der Waals surface area contributed by atoms with Gasteiger partial charge in [0, 0.05) is 6.04 Å². The van der Waals surface area contributed by atoms with E-state index in [1.807, 2.05) is 0 Å². The van der Waals surface area contributed by atoms with Gasteiger partial charge in [0.15, 0.2) is 0 Å². The van der Waals surface area contributed by atoms with Crippen molar-refractivity contribution in [1.82, 2.24) is 5.32 Å². The predicted octanol–water partition coefficient (Wildman–Crippen LogP) is 4.84. The van der Waals surface area contributed by atoms with Crippen LogP contribution < -0.4 is 5.32 Å². The molecule has 0 saturated carbocycles. The molecule has 0 radical (unpaired) electrons. The highest BCUT2D eigenvalue weighted by Crippen LogP contribution is 2.36. The highest BCUT2D eigenvalue weighted by molar-refractivity contribution is 6.02. The molecule has 0 aliphatic carbocycles. The Morgan fingerprint density at radius 3 is 2.00 bits per heavy atom. The van der Waals surface area contributed by atoms with E-state index in [1.54, 1.807) is 0 Å². The van der Waals surface area contributed by atoms with Crippen molar-refractivity contribution >= 4 is 34.0 Å². The largest absolute Gasteiger partial charge is 0.310 e. The van der Waals surface area contributed by atoms with Crippen molar-refractivity contribution in [2.75, 3.05) is 6.54 Å². The fourth-order valence-corrected chi connectivity index (χ4v) is 3.36. The van der Waals surface area contributed by atoms with Gasteiger partial charge in [-0.1, -0.05) is 48.5 Å². The molecular formula is C18H18ClN. The topological polar surface area (TPSA) is 12.0 Å². The van der Waals surface area contributed by atoms with E-state index in [9.17, 15) is 0 Å². The first-order valence-corrected chi connectivity index (χ1v) is 7.07.